The number of aryl methyl sites for hydroxylation is 2. The lowest BCUT2D eigenvalue weighted by Gasteiger charge is -2.20. The van der Waals surface area contributed by atoms with E-state index in [2.05, 4.69) is 19.9 Å². The van der Waals surface area contributed by atoms with E-state index in [0.29, 0.717) is 34.6 Å². The molecule has 13 heteroatoms. The highest BCUT2D eigenvalue weighted by Gasteiger charge is 2.34. The van der Waals surface area contributed by atoms with Crippen LogP contribution in [0.4, 0.5) is 5.95 Å². The van der Waals surface area contributed by atoms with Crippen molar-refractivity contribution in [3.8, 4) is 28.8 Å². The largest absolute Gasteiger partial charge is 0.494 e. The lowest BCUT2D eigenvalue weighted by Crippen LogP contribution is -2.32. The fourth-order valence-corrected chi connectivity index (χ4v) is 4.53. The van der Waals surface area contributed by atoms with Crippen molar-refractivity contribution in [2.45, 2.75) is 32.1 Å². The third-order valence-electron chi connectivity index (χ3n) is 5.36. The molecule has 4 rings (SSSR count). The van der Waals surface area contributed by atoms with Crippen molar-refractivity contribution in [2.75, 3.05) is 18.9 Å². The molecular weight excluding hydrogens is 478 g/mol. The Labute approximate surface area is 201 Å². The molecule has 0 aliphatic heterocycles. The standard InChI is InChI=1S/C22H25N5O7S/c1-12-9-10-18(34-12)21-24-25-22(27(21)19-16(31-4)7-6-8-17(19)32-5)26-35(29,30)13(2)20(28)15-11-33-14(3)23-15/h6-11,13,20,28H,1-5H3,(H,25,26)/t13-,20+/m0/s1. The van der Waals surface area contributed by atoms with Crippen molar-refractivity contribution in [1.29, 1.82) is 0 Å². The lowest BCUT2D eigenvalue weighted by atomic mass is 10.2. The molecule has 0 bridgehead atoms. The fraction of sp³-hybridized carbons (Fsp3) is 0.318. The molecule has 2 N–H and O–H groups in total. The maximum absolute atomic E-state index is 13.3. The van der Waals surface area contributed by atoms with E-state index in [1.807, 2.05) is 0 Å². The highest BCUT2D eigenvalue weighted by atomic mass is 32.2. The number of aromatic nitrogens is 4. The number of hydrogen-bond acceptors (Lipinski definition) is 10. The van der Waals surface area contributed by atoms with Crippen LogP contribution in [0.3, 0.4) is 0 Å². The van der Waals surface area contributed by atoms with Gasteiger partial charge in [0.15, 0.2) is 11.7 Å². The van der Waals surface area contributed by atoms with Crippen LogP contribution < -0.4 is 14.2 Å². The van der Waals surface area contributed by atoms with Gasteiger partial charge in [-0.25, -0.2) is 13.4 Å². The summed E-state index contributed by atoms with van der Waals surface area (Å²) in [4.78, 5) is 4.02. The maximum Gasteiger partial charge on any atom is 0.243 e. The van der Waals surface area contributed by atoms with E-state index >= 15 is 0 Å². The summed E-state index contributed by atoms with van der Waals surface area (Å²) in [5.74, 6) is 2.08. The van der Waals surface area contributed by atoms with Crippen molar-refractivity contribution >= 4 is 16.0 Å². The SMILES string of the molecule is COc1cccc(OC)c1-n1c(NS(=O)(=O)[C@@H](C)[C@@H](O)c2coc(C)n2)nnc1-c1ccc(C)o1. The fourth-order valence-electron chi connectivity index (χ4n) is 3.47. The molecule has 0 unspecified atom stereocenters. The zero-order valence-corrected chi connectivity index (χ0v) is 20.5. The lowest BCUT2D eigenvalue weighted by molar-refractivity contribution is 0.171. The van der Waals surface area contributed by atoms with Crippen molar-refractivity contribution < 1.29 is 31.8 Å². The zero-order valence-electron chi connectivity index (χ0n) is 19.7. The van der Waals surface area contributed by atoms with Gasteiger partial charge in [0, 0.05) is 6.92 Å². The molecule has 0 spiro atoms. The van der Waals surface area contributed by atoms with Gasteiger partial charge in [0.25, 0.3) is 0 Å². The number of methoxy groups -OCH3 is 2. The first-order valence-electron chi connectivity index (χ1n) is 10.5. The number of nitrogens with one attached hydrogen (secondary N) is 1. The average molecular weight is 504 g/mol. The second-order valence-corrected chi connectivity index (χ2v) is 9.73. The van der Waals surface area contributed by atoms with Crippen LogP contribution in [0.5, 0.6) is 11.5 Å². The third-order valence-corrected chi connectivity index (χ3v) is 7.06. The minimum absolute atomic E-state index is 0.0972. The Hall–Kier alpha value is -3.84. The summed E-state index contributed by atoms with van der Waals surface area (Å²) in [6, 6.07) is 8.54. The number of hydrogen-bond donors (Lipinski definition) is 2. The molecule has 186 valence electrons. The number of oxazole rings is 1. The molecule has 0 aliphatic rings. The third kappa shape index (κ3) is 4.59. The minimum atomic E-state index is -4.20. The number of aliphatic hydroxyl groups is 1. The molecule has 0 saturated heterocycles. The van der Waals surface area contributed by atoms with Crippen molar-refractivity contribution in [1.82, 2.24) is 19.7 Å². The van der Waals surface area contributed by atoms with Gasteiger partial charge >= 0.3 is 0 Å². The predicted molar refractivity (Wildman–Crippen MR) is 125 cm³/mol. The molecule has 0 saturated carbocycles. The number of nitrogens with zero attached hydrogens (tertiary/aromatic N) is 4. The van der Waals surface area contributed by atoms with E-state index in [4.69, 9.17) is 18.3 Å². The van der Waals surface area contributed by atoms with Gasteiger partial charge in [0.1, 0.15) is 46.3 Å². The number of furan rings is 1. The van der Waals surface area contributed by atoms with Gasteiger partial charge in [-0.05, 0) is 38.1 Å². The quantitative estimate of drug-likeness (QED) is 0.348. The van der Waals surface area contributed by atoms with E-state index in [0.717, 1.165) is 0 Å². The Morgan fingerprint density at radius 2 is 1.77 bits per heavy atom. The monoisotopic (exact) mass is 503 g/mol. The molecule has 0 amide bonds. The first-order chi connectivity index (χ1) is 16.7. The topological polar surface area (TPSA) is 155 Å². The molecule has 4 aromatic rings. The normalized spacial score (nSPS) is 13.4. The number of aliphatic hydroxyl groups excluding tert-OH is 1. The van der Waals surface area contributed by atoms with Crippen molar-refractivity contribution in [3.05, 3.63) is 53.9 Å². The summed E-state index contributed by atoms with van der Waals surface area (Å²) in [7, 11) is -1.25. The summed E-state index contributed by atoms with van der Waals surface area (Å²) in [5, 5.41) is 17.5. The Bertz CT molecular complexity index is 1420. The van der Waals surface area contributed by atoms with E-state index in [1.165, 1.54) is 32.0 Å². The van der Waals surface area contributed by atoms with Crippen LogP contribution in [-0.4, -0.2) is 52.7 Å². The van der Waals surface area contributed by atoms with Crippen LogP contribution in [0.2, 0.25) is 0 Å². The van der Waals surface area contributed by atoms with Gasteiger partial charge in [-0.1, -0.05) is 6.07 Å². The summed E-state index contributed by atoms with van der Waals surface area (Å²) < 4.78 is 52.2. The van der Waals surface area contributed by atoms with Crippen LogP contribution >= 0.6 is 0 Å². The number of rotatable bonds is 9. The van der Waals surface area contributed by atoms with Gasteiger partial charge in [0.05, 0.1) is 14.2 Å². The molecule has 3 heterocycles. The molecule has 12 nitrogen and oxygen atoms in total. The van der Waals surface area contributed by atoms with Gasteiger partial charge in [0.2, 0.25) is 21.8 Å². The second-order valence-electron chi connectivity index (χ2n) is 7.69. The van der Waals surface area contributed by atoms with Crippen molar-refractivity contribution in [3.63, 3.8) is 0 Å². The molecule has 1 aromatic carbocycles. The van der Waals surface area contributed by atoms with Gasteiger partial charge in [-0.2, -0.15) is 0 Å². The molecule has 2 atom stereocenters. The predicted octanol–water partition coefficient (Wildman–Crippen LogP) is 3.01. The molecule has 0 radical (unpaired) electrons. The molecular formula is C22H25N5O7S. The van der Waals surface area contributed by atoms with Crippen molar-refractivity contribution in [2.24, 2.45) is 0 Å². The number of sulfonamides is 1. The highest BCUT2D eigenvalue weighted by molar-refractivity contribution is 7.93. The number of ether oxygens (including phenoxy) is 2. The molecule has 0 fully saturated rings. The van der Waals surface area contributed by atoms with Gasteiger partial charge in [-0.3, -0.25) is 9.29 Å². The summed E-state index contributed by atoms with van der Waals surface area (Å²) in [6.45, 7) is 4.71. The zero-order chi connectivity index (χ0) is 25.3. The Balaban J connectivity index is 1.83. The van der Waals surface area contributed by atoms with Crippen LogP contribution in [0.25, 0.3) is 17.3 Å². The highest BCUT2D eigenvalue weighted by Crippen LogP contribution is 2.38. The molecule has 0 aliphatic carbocycles. The van der Waals surface area contributed by atoms with Gasteiger partial charge in [-0.15, -0.1) is 10.2 Å². The molecule has 3 aromatic heterocycles. The summed E-state index contributed by atoms with van der Waals surface area (Å²) in [6.07, 6.45) is -0.236. The number of benzene rings is 1. The van der Waals surface area contributed by atoms with Gasteiger partial charge < -0.3 is 23.4 Å². The van der Waals surface area contributed by atoms with E-state index in [9.17, 15) is 13.5 Å². The Morgan fingerprint density at radius 3 is 2.31 bits per heavy atom. The first-order valence-corrected chi connectivity index (χ1v) is 12.1. The first kappa shape index (κ1) is 24.3. The van der Waals surface area contributed by atoms with E-state index < -0.39 is 21.4 Å². The van der Waals surface area contributed by atoms with E-state index in [1.54, 1.807) is 44.2 Å². The van der Waals surface area contributed by atoms with Crippen LogP contribution in [0, 0.1) is 13.8 Å². The average Bonchev–Trinajstić information content (AvgIpc) is 3.57. The molecule has 35 heavy (non-hydrogen) atoms. The Kier molecular flexibility index (Phi) is 6.54. The second kappa shape index (κ2) is 9.43. The van der Waals surface area contributed by atoms with Crippen LogP contribution in [-0.2, 0) is 10.0 Å². The summed E-state index contributed by atoms with van der Waals surface area (Å²) in [5.41, 5.74) is 0.449. The van der Waals surface area contributed by atoms with E-state index in [-0.39, 0.29) is 17.5 Å². The number of anilines is 1. The smallest absolute Gasteiger partial charge is 0.243 e. The van der Waals surface area contributed by atoms with Crippen LogP contribution in [0.1, 0.15) is 30.4 Å². The maximum atomic E-state index is 13.3. The summed E-state index contributed by atoms with van der Waals surface area (Å²) >= 11 is 0. The number of para-hydroxylation sites is 1. The Morgan fingerprint density at radius 1 is 1.09 bits per heavy atom. The minimum Gasteiger partial charge on any atom is -0.494 e. The van der Waals surface area contributed by atoms with Crippen LogP contribution in [0.15, 0.2) is 45.4 Å².